The molecule has 9 heteroatoms. The minimum Gasteiger partial charge on any atom is -0.349 e. The second kappa shape index (κ2) is 10.0. The van der Waals surface area contributed by atoms with Crippen molar-refractivity contribution in [3.05, 3.63) is 49.1 Å². The topological polar surface area (TPSA) is 66.0 Å². The molecule has 1 aromatic carbocycles. The molecule has 1 aliphatic rings. The van der Waals surface area contributed by atoms with Gasteiger partial charge in [0.1, 0.15) is 19.2 Å². The number of rotatable bonds is 6. The molecule has 0 atom stereocenters. The van der Waals surface area contributed by atoms with Gasteiger partial charge in [-0.3, -0.25) is 9.97 Å². The first kappa shape index (κ1) is 21.5. The summed E-state index contributed by atoms with van der Waals surface area (Å²) in [7, 11) is 0. The highest BCUT2D eigenvalue weighted by Gasteiger charge is 2.23. The van der Waals surface area contributed by atoms with Gasteiger partial charge in [0.25, 0.3) is 0 Å². The van der Waals surface area contributed by atoms with Gasteiger partial charge in [0.2, 0.25) is 0 Å². The molecule has 3 heterocycles. The molecule has 162 valence electrons. The maximum absolute atomic E-state index is 12.7. The number of hydrogen-bond acceptors (Lipinski definition) is 5. The van der Waals surface area contributed by atoms with Crippen LogP contribution < -0.4 is 10.6 Å². The van der Waals surface area contributed by atoms with Gasteiger partial charge in [-0.05, 0) is 42.6 Å². The highest BCUT2D eigenvalue weighted by Crippen LogP contribution is 2.24. The van der Waals surface area contributed by atoms with E-state index in [0.717, 1.165) is 48.0 Å². The van der Waals surface area contributed by atoms with Crippen molar-refractivity contribution in [1.29, 1.82) is 0 Å². The lowest BCUT2D eigenvalue weighted by atomic mass is 10.0. The van der Waals surface area contributed by atoms with Crippen LogP contribution >= 0.6 is 12.2 Å². The second-order valence-corrected chi connectivity index (χ2v) is 7.97. The van der Waals surface area contributed by atoms with E-state index < -0.39 is 19.4 Å². The predicted octanol–water partition coefficient (Wildman–Crippen LogP) is 3.75. The number of nitrogens with zero attached hydrogens (tertiary/aromatic N) is 4. The van der Waals surface area contributed by atoms with Crippen LogP contribution in [0.5, 0.6) is 0 Å². The Balaban J connectivity index is 1.40. The molecule has 1 aliphatic heterocycles. The van der Waals surface area contributed by atoms with Gasteiger partial charge in [-0.1, -0.05) is 12.1 Å². The first-order chi connectivity index (χ1) is 15.2. The summed E-state index contributed by atoms with van der Waals surface area (Å²) in [6.07, 6.45) is 8.43. The van der Waals surface area contributed by atoms with Crippen molar-refractivity contribution in [3.63, 3.8) is 0 Å². The minimum atomic E-state index is -0.713. The molecular formula is C22H24F2N6S. The second-order valence-electron chi connectivity index (χ2n) is 7.59. The number of alkyl halides is 2. The summed E-state index contributed by atoms with van der Waals surface area (Å²) in [6, 6.07) is 7.42. The van der Waals surface area contributed by atoms with E-state index in [2.05, 4.69) is 36.6 Å². The highest BCUT2D eigenvalue weighted by atomic mass is 32.1. The molecular weight excluding hydrogens is 418 g/mol. The maximum Gasteiger partial charge on any atom is 0.174 e. The summed E-state index contributed by atoms with van der Waals surface area (Å²) in [5, 5.41) is 8.90. The minimum absolute atomic E-state index is 0.105. The van der Waals surface area contributed by atoms with Crippen LogP contribution in [-0.2, 0) is 0 Å². The summed E-state index contributed by atoms with van der Waals surface area (Å²) < 4.78 is 25.5. The third-order valence-corrected chi connectivity index (χ3v) is 5.80. The summed E-state index contributed by atoms with van der Waals surface area (Å²) >= 11 is 5.57. The van der Waals surface area contributed by atoms with Crippen molar-refractivity contribution >= 4 is 33.9 Å². The Morgan fingerprint density at radius 2 is 1.87 bits per heavy atom. The van der Waals surface area contributed by atoms with Crippen LogP contribution in [0, 0.1) is 0 Å². The Hall–Kier alpha value is -2.78. The molecule has 1 saturated heterocycles. The standard InChI is InChI=1S/C22H24F2N6S/c23-11-19(12-24)28-18-3-7-30(8-4-18)22(31)29-21-10-17-9-15(1-2-16(17)13-27-21)20-14-25-5-6-26-20/h1-2,5-6,9-10,13-14,18-19,28H,3-4,7-8,11-12H2,(H,27,29,31). The van der Waals surface area contributed by atoms with Gasteiger partial charge in [-0.2, -0.15) is 0 Å². The lowest BCUT2D eigenvalue weighted by Crippen LogP contribution is -2.49. The van der Waals surface area contributed by atoms with Crippen LogP contribution in [0.2, 0.25) is 0 Å². The molecule has 3 aromatic rings. The monoisotopic (exact) mass is 442 g/mol. The molecule has 2 aromatic heterocycles. The quantitative estimate of drug-likeness (QED) is 0.564. The third kappa shape index (κ3) is 5.29. The average Bonchev–Trinajstić information content (AvgIpc) is 2.83. The zero-order chi connectivity index (χ0) is 21.6. The molecule has 6 nitrogen and oxygen atoms in total. The number of thiocarbonyl (C=S) groups is 1. The number of hydrogen-bond donors (Lipinski definition) is 2. The number of fused-ring (bicyclic) bond motifs is 1. The van der Waals surface area contributed by atoms with E-state index in [1.165, 1.54) is 0 Å². The van der Waals surface area contributed by atoms with Crippen molar-refractivity contribution in [2.75, 3.05) is 31.8 Å². The fourth-order valence-corrected chi connectivity index (χ4v) is 4.01. The van der Waals surface area contributed by atoms with E-state index >= 15 is 0 Å². The summed E-state index contributed by atoms with van der Waals surface area (Å²) in [5.41, 5.74) is 1.79. The van der Waals surface area contributed by atoms with Crippen LogP contribution in [0.15, 0.2) is 49.1 Å². The molecule has 0 spiro atoms. The van der Waals surface area contributed by atoms with Gasteiger partial charge in [0, 0.05) is 48.7 Å². The Morgan fingerprint density at radius 3 is 2.58 bits per heavy atom. The number of aromatic nitrogens is 3. The first-order valence-corrected chi connectivity index (χ1v) is 10.7. The van der Waals surface area contributed by atoms with E-state index in [9.17, 15) is 8.78 Å². The van der Waals surface area contributed by atoms with E-state index in [0.29, 0.717) is 10.9 Å². The fourth-order valence-electron chi connectivity index (χ4n) is 3.72. The average molecular weight is 443 g/mol. The number of likely N-dealkylation sites (tertiary alicyclic amines) is 1. The van der Waals surface area contributed by atoms with Crippen molar-refractivity contribution in [3.8, 4) is 11.3 Å². The predicted molar refractivity (Wildman–Crippen MR) is 122 cm³/mol. The number of pyridine rings is 1. The van der Waals surface area contributed by atoms with Gasteiger partial charge in [0.05, 0.1) is 17.9 Å². The van der Waals surface area contributed by atoms with Crippen molar-refractivity contribution < 1.29 is 8.78 Å². The molecule has 31 heavy (non-hydrogen) atoms. The highest BCUT2D eigenvalue weighted by molar-refractivity contribution is 7.80. The molecule has 0 amide bonds. The Kier molecular flexibility index (Phi) is 6.93. The van der Waals surface area contributed by atoms with E-state index in [1.807, 2.05) is 24.4 Å². The number of nitrogens with one attached hydrogen (secondary N) is 2. The summed E-state index contributed by atoms with van der Waals surface area (Å²) in [5.74, 6) is 0.670. The molecule has 0 saturated carbocycles. The Morgan fingerprint density at radius 1 is 1.06 bits per heavy atom. The van der Waals surface area contributed by atoms with Crippen LogP contribution in [0.1, 0.15) is 12.8 Å². The summed E-state index contributed by atoms with van der Waals surface area (Å²) in [4.78, 5) is 15.0. The van der Waals surface area contributed by atoms with Crippen LogP contribution in [0.25, 0.3) is 22.0 Å². The largest absolute Gasteiger partial charge is 0.349 e. The number of benzene rings is 1. The molecule has 0 unspecified atom stereocenters. The van der Waals surface area contributed by atoms with Gasteiger partial charge in [0.15, 0.2) is 5.11 Å². The fraction of sp³-hybridized carbons (Fsp3) is 0.364. The van der Waals surface area contributed by atoms with Gasteiger partial charge >= 0.3 is 0 Å². The normalized spacial score (nSPS) is 14.9. The van der Waals surface area contributed by atoms with E-state index in [1.54, 1.807) is 18.6 Å². The molecule has 0 bridgehead atoms. The lowest BCUT2D eigenvalue weighted by Gasteiger charge is -2.35. The van der Waals surface area contributed by atoms with Crippen LogP contribution in [-0.4, -0.2) is 63.5 Å². The van der Waals surface area contributed by atoms with E-state index in [4.69, 9.17) is 12.2 Å². The SMILES string of the molecule is FCC(CF)NC1CCN(C(=S)Nc2cc3cc(-c4cnccn4)ccc3cn2)CC1. The number of halogens is 2. The molecule has 0 aliphatic carbocycles. The number of anilines is 1. The third-order valence-electron chi connectivity index (χ3n) is 5.44. The Labute approximate surface area is 185 Å². The van der Waals surface area contributed by atoms with E-state index in [-0.39, 0.29) is 6.04 Å². The number of piperidine rings is 1. The Bertz CT molecular complexity index is 1020. The maximum atomic E-state index is 12.7. The van der Waals surface area contributed by atoms with Gasteiger partial charge in [-0.15, -0.1) is 0 Å². The smallest absolute Gasteiger partial charge is 0.174 e. The van der Waals surface area contributed by atoms with Crippen molar-refractivity contribution in [2.24, 2.45) is 0 Å². The van der Waals surface area contributed by atoms with Crippen LogP contribution in [0.3, 0.4) is 0 Å². The molecule has 4 rings (SSSR count). The first-order valence-electron chi connectivity index (χ1n) is 10.3. The van der Waals surface area contributed by atoms with Crippen LogP contribution in [0.4, 0.5) is 14.6 Å². The van der Waals surface area contributed by atoms with Gasteiger partial charge in [-0.25, -0.2) is 13.8 Å². The molecule has 2 N–H and O–H groups in total. The van der Waals surface area contributed by atoms with Gasteiger partial charge < -0.3 is 15.5 Å². The summed E-state index contributed by atoms with van der Waals surface area (Å²) in [6.45, 7) is 0.0597. The zero-order valence-corrected chi connectivity index (χ0v) is 17.8. The lowest BCUT2D eigenvalue weighted by molar-refractivity contribution is 0.231. The molecule has 1 fully saturated rings. The molecule has 0 radical (unpaired) electrons. The van der Waals surface area contributed by atoms with Crippen molar-refractivity contribution in [1.82, 2.24) is 25.2 Å². The van der Waals surface area contributed by atoms with Crippen molar-refractivity contribution in [2.45, 2.75) is 24.9 Å². The zero-order valence-electron chi connectivity index (χ0n) is 17.0.